The van der Waals surface area contributed by atoms with Crippen molar-refractivity contribution in [2.45, 2.75) is 39.5 Å². The molecule has 0 fully saturated rings. The number of carbonyl (C=O) groups is 2. The minimum atomic E-state index is 0.0459. The summed E-state index contributed by atoms with van der Waals surface area (Å²) in [4.78, 5) is 22.1. The van der Waals surface area contributed by atoms with Crippen molar-refractivity contribution in [1.82, 2.24) is 0 Å². The first-order chi connectivity index (χ1) is 8.04. The number of carbonyl (C=O) groups excluding carboxylic acids is 2. The number of hydrogen-bond acceptors (Lipinski definition) is 2. The summed E-state index contributed by atoms with van der Waals surface area (Å²) in [7, 11) is 0. The lowest BCUT2D eigenvalue weighted by Crippen LogP contribution is -2.07. The molecule has 1 aromatic carbocycles. The highest BCUT2D eigenvalue weighted by molar-refractivity contribution is 6.00. The van der Waals surface area contributed by atoms with Gasteiger partial charge in [-0.3, -0.25) is 4.79 Å². The lowest BCUT2D eigenvalue weighted by atomic mass is 9.88. The molecule has 1 aliphatic rings. The van der Waals surface area contributed by atoms with E-state index in [9.17, 15) is 9.59 Å². The zero-order valence-corrected chi connectivity index (χ0v) is 10.5. The van der Waals surface area contributed by atoms with Crippen molar-refractivity contribution >= 4 is 17.9 Å². The second-order valence-corrected chi connectivity index (χ2v) is 4.79. The number of nitrogens with one attached hydrogen (secondary N) is 1. The van der Waals surface area contributed by atoms with Crippen LogP contribution >= 0.6 is 0 Å². The van der Waals surface area contributed by atoms with Gasteiger partial charge in [0.05, 0.1) is 6.42 Å². The van der Waals surface area contributed by atoms with Gasteiger partial charge in [0.2, 0.25) is 5.91 Å². The van der Waals surface area contributed by atoms with E-state index in [1.54, 1.807) is 0 Å². The Labute approximate surface area is 101 Å². The molecular formula is C14H17NO2. The van der Waals surface area contributed by atoms with Gasteiger partial charge in [-0.2, -0.15) is 0 Å². The third-order valence-corrected chi connectivity index (χ3v) is 3.53. The summed E-state index contributed by atoms with van der Waals surface area (Å²) in [6, 6.07) is 2.07. The molecule has 1 unspecified atom stereocenters. The smallest absolute Gasteiger partial charge is 0.228 e. The second kappa shape index (κ2) is 4.32. The average molecular weight is 231 g/mol. The molecule has 90 valence electrons. The van der Waals surface area contributed by atoms with Gasteiger partial charge >= 0.3 is 0 Å². The van der Waals surface area contributed by atoms with Crippen LogP contribution in [0.5, 0.6) is 0 Å². The van der Waals surface area contributed by atoms with Gasteiger partial charge in [0.25, 0.3) is 0 Å². The summed E-state index contributed by atoms with van der Waals surface area (Å²) < 4.78 is 0. The standard InChI is InChI=1S/C14H17NO2/c1-8(4-5-16)13-10(3)9(2)6-11-7-12(17)15-14(11)13/h5-6,8H,4,7H2,1-3H3,(H,15,17). The largest absolute Gasteiger partial charge is 0.325 e. The number of hydrogen-bond donors (Lipinski definition) is 1. The van der Waals surface area contributed by atoms with E-state index in [0.717, 1.165) is 23.1 Å². The molecule has 3 heteroatoms. The van der Waals surface area contributed by atoms with Crippen molar-refractivity contribution in [2.24, 2.45) is 0 Å². The van der Waals surface area contributed by atoms with Crippen molar-refractivity contribution in [3.8, 4) is 0 Å². The van der Waals surface area contributed by atoms with E-state index < -0.39 is 0 Å². The number of fused-ring (bicyclic) bond motifs is 1. The van der Waals surface area contributed by atoms with E-state index in [0.29, 0.717) is 12.8 Å². The third kappa shape index (κ3) is 1.97. The predicted octanol–water partition coefficient (Wildman–Crippen LogP) is 2.49. The number of rotatable bonds is 3. The first-order valence-electron chi connectivity index (χ1n) is 5.91. The van der Waals surface area contributed by atoms with Gasteiger partial charge < -0.3 is 10.1 Å². The summed E-state index contributed by atoms with van der Waals surface area (Å²) in [6.45, 7) is 6.13. The maximum absolute atomic E-state index is 11.5. The Hall–Kier alpha value is -1.64. The van der Waals surface area contributed by atoms with Crippen LogP contribution in [0.15, 0.2) is 6.07 Å². The van der Waals surface area contributed by atoms with Gasteiger partial charge in [-0.25, -0.2) is 0 Å². The number of benzene rings is 1. The minimum Gasteiger partial charge on any atom is -0.325 e. The molecule has 1 aromatic rings. The van der Waals surface area contributed by atoms with Gasteiger partial charge in [-0.15, -0.1) is 0 Å². The molecule has 1 aliphatic heterocycles. The van der Waals surface area contributed by atoms with Gasteiger partial charge in [0.1, 0.15) is 6.29 Å². The van der Waals surface area contributed by atoms with Crippen LogP contribution in [0.25, 0.3) is 0 Å². The molecule has 0 bridgehead atoms. The lowest BCUT2D eigenvalue weighted by Gasteiger charge is -2.18. The number of anilines is 1. The van der Waals surface area contributed by atoms with E-state index in [-0.39, 0.29) is 11.8 Å². The normalized spacial score (nSPS) is 15.4. The van der Waals surface area contributed by atoms with E-state index >= 15 is 0 Å². The monoisotopic (exact) mass is 231 g/mol. The summed E-state index contributed by atoms with van der Waals surface area (Å²) in [5.74, 6) is 0.198. The van der Waals surface area contributed by atoms with Crippen molar-refractivity contribution in [2.75, 3.05) is 5.32 Å². The molecule has 1 amide bonds. The first kappa shape index (κ1) is 11.8. The first-order valence-corrected chi connectivity index (χ1v) is 5.91. The van der Waals surface area contributed by atoms with Crippen LogP contribution in [0.2, 0.25) is 0 Å². The SMILES string of the molecule is Cc1cc2c(c(C(C)CC=O)c1C)NC(=O)C2. The molecule has 0 saturated carbocycles. The van der Waals surface area contributed by atoms with Crippen LogP contribution < -0.4 is 5.32 Å². The van der Waals surface area contributed by atoms with Crippen LogP contribution in [0.3, 0.4) is 0 Å². The van der Waals surface area contributed by atoms with E-state index in [1.165, 1.54) is 11.1 Å². The van der Waals surface area contributed by atoms with E-state index in [1.807, 2.05) is 6.92 Å². The highest BCUT2D eigenvalue weighted by Gasteiger charge is 2.25. The van der Waals surface area contributed by atoms with Gasteiger partial charge in [0.15, 0.2) is 0 Å². The molecule has 0 aliphatic carbocycles. The number of aryl methyl sites for hydroxylation is 1. The van der Waals surface area contributed by atoms with Crippen LogP contribution in [-0.4, -0.2) is 12.2 Å². The molecule has 1 heterocycles. The Bertz CT molecular complexity index is 491. The summed E-state index contributed by atoms with van der Waals surface area (Å²) in [6.07, 6.45) is 1.89. The van der Waals surface area contributed by atoms with Crippen LogP contribution in [-0.2, 0) is 16.0 Å². The van der Waals surface area contributed by atoms with Gasteiger partial charge in [-0.1, -0.05) is 13.0 Å². The molecule has 0 spiro atoms. The second-order valence-electron chi connectivity index (χ2n) is 4.79. The molecule has 0 radical (unpaired) electrons. The summed E-state index contributed by atoms with van der Waals surface area (Å²) in [5, 5.41) is 2.92. The molecule has 1 N–H and O–H groups in total. The molecule has 2 rings (SSSR count). The number of amides is 1. The average Bonchev–Trinajstić information content (AvgIpc) is 2.59. The van der Waals surface area contributed by atoms with Crippen LogP contribution in [0.4, 0.5) is 5.69 Å². The van der Waals surface area contributed by atoms with Crippen LogP contribution in [0.1, 0.15) is 41.5 Å². The predicted molar refractivity (Wildman–Crippen MR) is 67.3 cm³/mol. The summed E-state index contributed by atoms with van der Waals surface area (Å²) in [5.41, 5.74) is 5.49. The molecule has 0 aromatic heterocycles. The van der Waals surface area contributed by atoms with E-state index in [2.05, 4.69) is 25.2 Å². The fourth-order valence-corrected chi connectivity index (χ4v) is 2.54. The fraction of sp³-hybridized carbons (Fsp3) is 0.429. The Kier molecular flexibility index (Phi) is 3.01. The molecular weight excluding hydrogens is 214 g/mol. The number of aldehydes is 1. The van der Waals surface area contributed by atoms with Crippen molar-refractivity contribution in [3.05, 3.63) is 28.3 Å². The molecule has 1 atom stereocenters. The topological polar surface area (TPSA) is 46.2 Å². The highest BCUT2D eigenvalue weighted by atomic mass is 16.1. The Morgan fingerprint density at radius 3 is 2.82 bits per heavy atom. The quantitative estimate of drug-likeness (QED) is 0.812. The molecule has 3 nitrogen and oxygen atoms in total. The maximum atomic E-state index is 11.5. The Morgan fingerprint density at radius 1 is 1.47 bits per heavy atom. The van der Waals surface area contributed by atoms with Crippen molar-refractivity contribution < 1.29 is 9.59 Å². The fourth-order valence-electron chi connectivity index (χ4n) is 2.54. The maximum Gasteiger partial charge on any atom is 0.228 e. The molecule has 17 heavy (non-hydrogen) atoms. The van der Waals surface area contributed by atoms with Crippen LogP contribution in [0, 0.1) is 13.8 Å². The zero-order valence-electron chi connectivity index (χ0n) is 10.5. The molecule has 0 saturated heterocycles. The minimum absolute atomic E-state index is 0.0459. The Morgan fingerprint density at radius 2 is 2.18 bits per heavy atom. The Balaban J connectivity index is 2.57. The lowest BCUT2D eigenvalue weighted by molar-refractivity contribution is -0.115. The summed E-state index contributed by atoms with van der Waals surface area (Å²) >= 11 is 0. The van der Waals surface area contributed by atoms with E-state index in [4.69, 9.17) is 0 Å². The van der Waals surface area contributed by atoms with Crippen molar-refractivity contribution in [3.63, 3.8) is 0 Å². The third-order valence-electron chi connectivity index (χ3n) is 3.53. The van der Waals surface area contributed by atoms with Gasteiger partial charge in [-0.05, 0) is 42.0 Å². The van der Waals surface area contributed by atoms with Gasteiger partial charge in [0, 0.05) is 12.1 Å². The highest BCUT2D eigenvalue weighted by Crippen LogP contribution is 2.37. The zero-order chi connectivity index (χ0) is 12.6. The van der Waals surface area contributed by atoms with Crippen molar-refractivity contribution in [1.29, 1.82) is 0 Å².